The maximum Gasteiger partial charge on any atom is 0.290 e. The number of furan rings is 1. The van der Waals surface area contributed by atoms with Crippen LogP contribution in [-0.4, -0.2) is 42.3 Å². The lowest BCUT2D eigenvalue weighted by Crippen LogP contribution is -2.31. The number of carbonyl (C=O) groups excluding carboxylic acids is 2. The lowest BCUT2D eigenvalue weighted by atomic mass is 9.95. The van der Waals surface area contributed by atoms with Gasteiger partial charge in [0.1, 0.15) is 0 Å². The number of rotatable bonds is 6. The van der Waals surface area contributed by atoms with Gasteiger partial charge in [-0.2, -0.15) is 0 Å². The zero-order valence-corrected chi connectivity index (χ0v) is 14.7. The molecule has 1 unspecified atom stereocenters. The predicted molar refractivity (Wildman–Crippen MR) is 98.1 cm³/mol. The molecule has 1 aliphatic rings. The molecule has 0 radical (unpaired) electrons. The fourth-order valence-corrected chi connectivity index (χ4v) is 3.05. The third-order valence-corrected chi connectivity index (χ3v) is 4.34. The van der Waals surface area contributed by atoms with Crippen molar-refractivity contribution in [3.63, 3.8) is 0 Å². The molecule has 0 saturated carbocycles. The molecular formula is C20H20N2O4. The zero-order chi connectivity index (χ0) is 18.8. The summed E-state index contributed by atoms with van der Waals surface area (Å²) < 4.78 is 5.17. The van der Waals surface area contributed by atoms with Crippen molar-refractivity contribution in [3.8, 4) is 0 Å². The Hall–Kier alpha value is -3.28. The number of ketones is 1. The van der Waals surface area contributed by atoms with E-state index in [0.29, 0.717) is 0 Å². The third-order valence-electron chi connectivity index (χ3n) is 4.34. The SMILES string of the molecule is C=CCN1C(=O)C(O)=C(C(=O)c2ccco2)C1c1ccc(N(C)C)cc1. The van der Waals surface area contributed by atoms with Crippen LogP contribution in [0.1, 0.15) is 22.2 Å². The van der Waals surface area contributed by atoms with Crippen LogP contribution in [0.2, 0.25) is 0 Å². The Kier molecular flexibility index (Phi) is 4.67. The Bertz CT molecular complexity index is 864. The van der Waals surface area contributed by atoms with Gasteiger partial charge < -0.3 is 19.3 Å². The molecule has 2 aromatic rings. The Morgan fingerprint density at radius 3 is 2.54 bits per heavy atom. The minimum atomic E-state index is -0.700. The van der Waals surface area contributed by atoms with Crippen LogP contribution < -0.4 is 4.90 Å². The number of carbonyl (C=O) groups is 2. The highest BCUT2D eigenvalue weighted by molar-refractivity contribution is 6.15. The van der Waals surface area contributed by atoms with Crippen molar-refractivity contribution in [1.29, 1.82) is 0 Å². The van der Waals surface area contributed by atoms with Gasteiger partial charge in [0.25, 0.3) is 5.91 Å². The third kappa shape index (κ3) is 2.90. The summed E-state index contributed by atoms with van der Waals surface area (Å²) in [4.78, 5) is 28.7. The van der Waals surface area contributed by atoms with Crippen LogP contribution in [0.4, 0.5) is 5.69 Å². The van der Waals surface area contributed by atoms with Gasteiger partial charge >= 0.3 is 0 Å². The molecule has 6 heteroatoms. The van der Waals surface area contributed by atoms with Gasteiger partial charge in [-0.3, -0.25) is 9.59 Å². The highest BCUT2D eigenvalue weighted by Gasteiger charge is 2.43. The molecule has 1 aromatic carbocycles. The normalized spacial score (nSPS) is 16.9. The molecule has 0 fully saturated rings. The van der Waals surface area contributed by atoms with Gasteiger partial charge in [0, 0.05) is 26.3 Å². The van der Waals surface area contributed by atoms with Gasteiger partial charge in [-0.15, -0.1) is 6.58 Å². The molecule has 1 aliphatic heterocycles. The number of hydrogen-bond acceptors (Lipinski definition) is 5. The monoisotopic (exact) mass is 352 g/mol. The summed E-state index contributed by atoms with van der Waals surface area (Å²) >= 11 is 0. The van der Waals surface area contributed by atoms with E-state index < -0.39 is 23.5 Å². The number of benzene rings is 1. The minimum Gasteiger partial charge on any atom is -0.503 e. The number of nitrogens with zero attached hydrogens (tertiary/aromatic N) is 2. The smallest absolute Gasteiger partial charge is 0.290 e. The maximum absolute atomic E-state index is 12.8. The van der Waals surface area contributed by atoms with Crippen LogP contribution in [0, 0.1) is 0 Å². The van der Waals surface area contributed by atoms with Crippen molar-refractivity contribution in [3.05, 3.63) is 78.0 Å². The van der Waals surface area contributed by atoms with Crippen molar-refractivity contribution in [1.82, 2.24) is 4.90 Å². The van der Waals surface area contributed by atoms with E-state index in [1.807, 2.05) is 43.3 Å². The first-order valence-electron chi connectivity index (χ1n) is 8.16. The molecule has 1 atom stereocenters. The number of anilines is 1. The molecular weight excluding hydrogens is 332 g/mol. The van der Waals surface area contributed by atoms with Gasteiger partial charge in [0.05, 0.1) is 17.9 Å². The first kappa shape index (κ1) is 17.5. The lowest BCUT2D eigenvalue weighted by Gasteiger charge is -2.26. The van der Waals surface area contributed by atoms with E-state index in [9.17, 15) is 14.7 Å². The summed E-state index contributed by atoms with van der Waals surface area (Å²) in [6.07, 6.45) is 2.94. The number of aliphatic hydroxyl groups excluding tert-OH is 1. The Morgan fingerprint density at radius 1 is 1.31 bits per heavy atom. The van der Waals surface area contributed by atoms with Crippen LogP contribution in [-0.2, 0) is 4.79 Å². The second-order valence-corrected chi connectivity index (χ2v) is 6.20. The van der Waals surface area contributed by atoms with Crippen molar-refractivity contribution >= 4 is 17.4 Å². The lowest BCUT2D eigenvalue weighted by molar-refractivity contribution is -0.128. The first-order chi connectivity index (χ1) is 12.5. The van der Waals surface area contributed by atoms with Crippen molar-refractivity contribution in [2.45, 2.75) is 6.04 Å². The van der Waals surface area contributed by atoms with E-state index in [1.54, 1.807) is 12.1 Å². The Morgan fingerprint density at radius 2 is 2.00 bits per heavy atom. The van der Waals surface area contributed by atoms with Gasteiger partial charge in [-0.1, -0.05) is 18.2 Å². The number of Topliss-reactive ketones (excluding diaryl/α,β-unsaturated/α-hetero) is 1. The topological polar surface area (TPSA) is 74.0 Å². The van der Waals surface area contributed by atoms with Crippen molar-refractivity contribution < 1.29 is 19.1 Å². The molecule has 0 saturated heterocycles. The maximum atomic E-state index is 12.8. The quantitative estimate of drug-likeness (QED) is 0.639. The molecule has 26 heavy (non-hydrogen) atoms. The van der Waals surface area contributed by atoms with E-state index in [2.05, 4.69) is 6.58 Å². The molecule has 2 heterocycles. The van der Waals surface area contributed by atoms with Crippen LogP contribution in [0.15, 0.2) is 71.1 Å². The number of amides is 1. The highest BCUT2D eigenvalue weighted by atomic mass is 16.3. The molecule has 0 aliphatic carbocycles. The van der Waals surface area contributed by atoms with Crippen LogP contribution >= 0.6 is 0 Å². The summed E-state index contributed by atoms with van der Waals surface area (Å²) in [7, 11) is 3.85. The summed E-state index contributed by atoms with van der Waals surface area (Å²) in [5, 5.41) is 10.4. The van der Waals surface area contributed by atoms with E-state index in [4.69, 9.17) is 4.42 Å². The second-order valence-electron chi connectivity index (χ2n) is 6.20. The summed E-state index contributed by atoms with van der Waals surface area (Å²) in [5.74, 6) is -1.57. The van der Waals surface area contributed by atoms with Crippen LogP contribution in [0.3, 0.4) is 0 Å². The molecule has 1 N–H and O–H groups in total. The average Bonchev–Trinajstić information content (AvgIpc) is 3.25. The predicted octanol–water partition coefficient (Wildman–Crippen LogP) is 3.11. The van der Waals surface area contributed by atoms with Gasteiger partial charge in [0.2, 0.25) is 5.78 Å². The summed E-state index contributed by atoms with van der Waals surface area (Å²) in [6.45, 7) is 3.87. The van der Waals surface area contributed by atoms with Crippen molar-refractivity contribution in [2.24, 2.45) is 0 Å². The fraction of sp³-hybridized carbons (Fsp3) is 0.200. The molecule has 6 nitrogen and oxygen atoms in total. The first-order valence-corrected chi connectivity index (χ1v) is 8.16. The zero-order valence-electron chi connectivity index (χ0n) is 14.7. The second kappa shape index (κ2) is 6.92. The molecule has 134 valence electrons. The average molecular weight is 352 g/mol. The summed E-state index contributed by atoms with van der Waals surface area (Å²) in [6, 6.07) is 9.88. The van der Waals surface area contributed by atoms with E-state index in [1.165, 1.54) is 17.2 Å². The molecule has 0 bridgehead atoms. The van der Waals surface area contributed by atoms with E-state index in [0.717, 1.165) is 11.3 Å². The van der Waals surface area contributed by atoms with E-state index >= 15 is 0 Å². The standard InChI is InChI=1S/C20H20N2O4/c1-4-11-22-17(13-7-9-14(10-8-13)21(2)3)16(19(24)20(22)25)18(23)15-6-5-12-26-15/h4-10,12,17,24H,1,11H2,2-3H3. The number of hydrogen-bond donors (Lipinski definition) is 1. The largest absolute Gasteiger partial charge is 0.503 e. The molecule has 1 aromatic heterocycles. The van der Waals surface area contributed by atoms with Crippen molar-refractivity contribution in [2.75, 3.05) is 25.5 Å². The van der Waals surface area contributed by atoms with Gasteiger partial charge in [0.15, 0.2) is 11.5 Å². The molecule has 1 amide bonds. The Labute approximate surface area is 151 Å². The minimum absolute atomic E-state index is 0.0180. The van der Waals surface area contributed by atoms with Crippen LogP contribution in [0.5, 0.6) is 0 Å². The fourth-order valence-electron chi connectivity index (χ4n) is 3.05. The summed E-state index contributed by atoms with van der Waals surface area (Å²) in [5.41, 5.74) is 1.73. The number of aliphatic hydroxyl groups is 1. The van der Waals surface area contributed by atoms with Crippen LogP contribution in [0.25, 0.3) is 0 Å². The molecule has 0 spiro atoms. The van der Waals surface area contributed by atoms with Gasteiger partial charge in [-0.05, 0) is 29.8 Å². The molecule has 3 rings (SSSR count). The Balaban J connectivity index is 2.08. The van der Waals surface area contributed by atoms with Gasteiger partial charge in [-0.25, -0.2) is 0 Å². The highest BCUT2D eigenvalue weighted by Crippen LogP contribution is 2.39. The van der Waals surface area contributed by atoms with E-state index in [-0.39, 0.29) is 17.9 Å².